The summed E-state index contributed by atoms with van der Waals surface area (Å²) in [6, 6.07) is 0. The number of rotatable bonds is 4. The van der Waals surface area contributed by atoms with E-state index in [-0.39, 0.29) is 6.47 Å². The molecular formula is C4H6O6. The fourth-order valence-corrected chi connectivity index (χ4v) is 0.253. The molecule has 0 bridgehead atoms. The van der Waals surface area contributed by atoms with Crippen LogP contribution in [0, 0.1) is 0 Å². The van der Waals surface area contributed by atoms with E-state index in [1.807, 2.05) is 0 Å². The Bertz CT molecular complexity index is 132. The average molecular weight is 150 g/mol. The number of hydrogen-bond donors (Lipinski definition) is 3. The van der Waals surface area contributed by atoms with Crippen LogP contribution in [0.15, 0.2) is 0 Å². The van der Waals surface area contributed by atoms with E-state index in [0.717, 1.165) is 0 Å². The highest BCUT2D eigenvalue weighted by molar-refractivity contribution is 5.72. The summed E-state index contributed by atoms with van der Waals surface area (Å²) in [4.78, 5) is 19.3. The molecule has 0 saturated heterocycles. The number of carbonyl (C=O) groups excluding carboxylic acids is 1. The molecule has 0 rings (SSSR count). The van der Waals surface area contributed by atoms with E-state index in [1.54, 1.807) is 0 Å². The van der Waals surface area contributed by atoms with Gasteiger partial charge >= 0.3 is 5.97 Å². The van der Waals surface area contributed by atoms with Crippen molar-refractivity contribution in [3.05, 3.63) is 0 Å². The first-order valence-corrected chi connectivity index (χ1v) is 2.27. The van der Waals surface area contributed by atoms with Gasteiger partial charge < -0.3 is 20.1 Å². The largest absolute Gasteiger partial charge is 0.479 e. The van der Waals surface area contributed by atoms with Crippen LogP contribution in [0.1, 0.15) is 0 Å². The van der Waals surface area contributed by atoms with Crippen LogP contribution in [0.3, 0.4) is 0 Å². The Kier molecular flexibility index (Phi) is 3.37. The second-order valence-corrected chi connectivity index (χ2v) is 1.41. The van der Waals surface area contributed by atoms with Crippen LogP contribution in [0.4, 0.5) is 0 Å². The molecule has 0 spiro atoms. The molecule has 3 N–H and O–H groups in total. The van der Waals surface area contributed by atoms with Crippen LogP contribution >= 0.6 is 0 Å². The van der Waals surface area contributed by atoms with Gasteiger partial charge in [0.2, 0.25) is 12.4 Å². The van der Waals surface area contributed by atoms with Gasteiger partial charge in [0.1, 0.15) is 0 Å². The summed E-state index contributed by atoms with van der Waals surface area (Å²) < 4.78 is 3.71. The van der Waals surface area contributed by atoms with Crippen LogP contribution in [0.5, 0.6) is 0 Å². The third kappa shape index (κ3) is 2.42. The maximum atomic E-state index is 9.81. The van der Waals surface area contributed by atoms with Gasteiger partial charge in [-0.2, -0.15) is 0 Å². The highest BCUT2D eigenvalue weighted by atomic mass is 16.6. The maximum absolute atomic E-state index is 9.81. The summed E-state index contributed by atoms with van der Waals surface area (Å²) in [5.41, 5.74) is 0. The molecule has 58 valence electrons. The highest BCUT2D eigenvalue weighted by Gasteiger charge is 2.24. The Morgan fingerprint density at radius 2 is 2.00 bits per heavy atom. The van der Waals surface area contributed by atoms with Gasteiger partial charge in [-0.3, -0.25) is 4.79 Å². The average Bonchev–Trinajstić information content (AvgIpc) is 1.87. The van der Waals surface area contributed by atoms with Crippen LogP contribution in [0.2, 0.25) is 0 Å². The summed E-state index contributed by atoms with van der Waals surface area (Å²) in [5.74, 6) is -1.66. The Hall–Kier alpha value is -1.14. The van der Waals surface area contributed by atoms with Crippen LogP contribution < -0.4 is 0 Å². The first-order chi connectivity index (χ1) is 4.59. The van der Waals surface area contributed by atoms with Crippen molar-refractivity contribution in [3.63, 3.8) is 0 Å². The third-order valence-electron chi connectivity index (χ3n) is 0.718. The van der Waals surface area contributed by atoms with E-state index >= 15 is 0 Å². The molecule has 10 heavy (non-hydrogen) atoms. The first-order valence-electron chi connectivity index (χ1n) is 2.27. The monoisotopic (exact) mass is 150 g/mol. The van der Waals surface area contributed by atoms with E-state index in [1.165, 1.54) is 0 Å². The molecule has 6 heteroatoms. The molecule has 0 aliphatic heterocycles. The van der Waals surface area contributed by atoms with Crippen LogP contribution in [-0.2, 0) is 14.3 Å². The van der Waals surface area contributed by atoms with Crippen molar-refractivity contribution in [1.82, 2.24) is 0 Å². The SMILES string of the molecule is O=CO[C@@H](O)[C@H](O)C(=O)O. The van der Waals surface area contributed by atoms with Gasteiger partial charge in [-0.25, -0.2) is 4.79 Å². The Morgan fingerprint density at radius 3 is 2.30 bits per heavy atom. The molecule has 2 atom stereocenters. The van der Waals surface area contributed by atoms with Gasteiger partial charge in [0.05, 0.1) is 0 Å². The molecule has 0 aromatic carbocycles. The molecule has 0 aliphatic carbocycles. The van der Waals surface area contributed by atoms with E-state index in [0.29, 0.717) is 0 Å². The lowest BCUT2D eigenvalue weighted by molar-refractivity contribution is -0.185. The van der Waals surface area contributed by atoms with Crippen molar-refractivity contribution in [2.75, 3.05) is 0 Å². The highest BCUT2D eigenvalue weighted by Crippen LogP contribution is 1.92. The number of carboxylic acid groups (broad SMARTS) is 1. The fourth-order valence-electron chi connectivity index (χ4n) is 0.253. The van der Waals surface area contributed by atoms with Crippen molar-refractivity contribution in [3.8, 4) is 0 Å². The predicted octanol–water partition coefficient (Wildman–Crippen LogP) is -2.08. The van der Waals surface area contributed by atoms with E-state index < -0.39 is 18.4 Å². The summed E-state index contributed by atoms with van der Waals surface area (Å²) in [6.07, 6.45) is -4.10. The van der Waals surface area contributed by atoms with Crippen LogP contribution in [-0.4, -0.2) is 40.2 Å². The number of ether oxygens (including phenoxy) is 1. The number of carbonyl (C=O) groups is 2. The third-order valence-corrected chi connectivity index (χ3v) is 0.718. The molecule has 0 aromatic rings. The summed E-state index contributed by atoms with van der Waals surface area (Å²) in [5, 5.41) is 24.8. The second kappa shape index (κ2) is 3.80. The Morgan fingerprint density at radius 1 is 1.50 bits per heavy atom. The number of aliphatic carboxylic acids is 1. The minimum absolute atomic E-state index is 0.156. The lowest BCUT2D eigenvalue weighted by Crippen LogP contribution is -2.35. The molecule has 0 amide bonds. The quantitative estimate of drug-likeness (QED) is 0.314. The minimum atomic E-state index is -2.09. The molecule has 0 fully saturated rings. The van der Waals surface area contributed by atoms with Crippen LogP contribution in [0.25, 0.3) is 0 Å². The summed E-state index contributed by atoms with van der Waals surface area (Å²) >= 11 is 0. The number of carboxylic acids is 1. The number of aliphatic hydroxyl groups excluding tert-OH is 2. The molecule has 0 radical (unpaired) electrons. The lowest BCUT2D eigenvalue weighted by Gasteiger charge is -2.10. The van der Waals surface area contributed by atoms with E-state index in [4.69, 9.17) is 15.3 Å². The molecular weight excluding hydrogens is 144 g/mol. The van der Waals surface area contributed by atoms with Gasteiger partial charge in [0, 0.05) is 0 Å². The standard InChI is InChI=1S/C4H6O6/c5-1-10-4(9)2(6)3(7)8/h1-2,4,6,9H,(H,7,8)/t2-,4-/m1/s1. The zero-order valence-electron chi connectivity index (χ0n) is 4.80. The van der Waals surface area contributed by atoms with Gasteiger partial charge in [0.25, 0.3) is 6.47 Å². The van der Waals surface area contributed by atoms with Gasteiger partial charge in [-0.15, -0.1) is 0 Å². The topological polar surface area (TPSA) is 104 Å². The molecule has 0 unspecified atom stereocenters. The van der Waals surface area contributed by atoms with E-state index in [2.05, 4.69) is 4.74 Å². The molecule has 0 saturated carbocycles. The molecule has 0 aromatic heterocycles. The second-order valence-electron chi connectivity index (χ2n) is 1.41. The van der Waals surface area contributed by atoms with Crippen molar-refractivity contribution >= 4 is 12.4 Å². The summed E-state index contributed by atoms with van der Waals surface area (Å²) in [6.45, 7) is -0.156. The van der Waals surface area contributed by atoms with Crippen molar-refractivity contribution in [2.45, 2.75) is 12.4 Å². The van der Waals surface area contributed by atoms with Crippen molar-refractivity contribution < 1.29 is 29.6 Å². The summed E-state index contributed by atoms with van der Waals surface area (Å²) in [7, 11) is 0. The maximum Gasteiger partial charge on any atom is 0.339 e. The van der Waals surface area contributed by atoms with Gasteiger partial charge in [0.15, 0.2) is 0 Å². The molecule has 0 heterocycles. The smallest absolute Gasteiger partial charge is 0.339 e. The number of hydrogen-bond acceptors (Lipinski definition) is 5. The van der Waals surface area contributed by atoms with E-state index in [9.17, 15) is 9.59 Å². The van der Waals surface area contributed by atoms with Gasteiger partial charge in [-0.05, 0) is 0 Å². The zero-order chi connectivity index (χ0) is 8.15. The van der Waals surface area contributed by atoms with Gasteiger partial charge in [-0.1, -0.05) is 0 Å². The Labute approximate surface area is 55.7 Å². The first kappa shape index (κ1) is 8.86. The minimum Gasteiger partial charge on any atom is -0.479 e. The molecule has 0 aliphatic rings. The normalized spacial score (nSPS) is 15.4. The van der Waals surface area contributed by atoms with Crippen molar-refractivity contribution in [2.24, 2.45) is 0 Å². The van der Waals surface area contributed by atoms with Crippen molar-refractivity contribution in [1.29, 1.82) is 0 Å². The lowest BCUT2D eigenvalue weighted by atomic mass is 10.3. The fraction of sp³-hybridized carbons (Fsp3) is 0.500. The zero-order valence-corrected chi connectivity index (χ0v) is 4.80. The molecule has 6 nitrogen and oxygen atoms in total. The number of aliphatic hydroxyl groups is 2. The Balaban J connectivity index is 3.80. The predicted molar refractivity (Wildman–Crippen MR) is 26.8 cm³/mol.